The maximum atomic E-state index is 13.8. The second kappa shape index (κ2) is 7.39. The molecular weight excluding hydrogens is 368 g/mol. The zero-order valence-electron chi connectivity index (χ0n) is 15.5. The van der Waals surface area contributed by atoms with Crippen molar-refractivity contribution in [3.05, 3.63) is 59.2 Å². The maximum absolute atomic E-state index is 13.8. The van der Waals surface area contributed by atoms with Crippen LogP contribution in [0.3, 0.4) is 0 Å². The van der Waals surface area contributed by atoms with Gasteiger partial charge in [-0.2, -0.15) is 0 Å². The normalized spacial score (nSPS) is 17.8. The van der Waals surface area contributed by atoms with E-state index in [-0.39, 0.29) is 17.9 Å². The Morgan fingerprint density at radius 1 is 1.21 bits per heavy atom. The predicted molar refractivity (Wildman–Crippen MR) is 97.0 cm³/mol. The lowest BCUT2D eigenvalue weighted by atomic mass is 10.00. The van der Waals surface area contributed by atoms with E-state index in [1.165, 1.54) is 0 Å². The summed E-state index contributed by atoms with van der Waals surface area (Å²) in [5.41, 5.74) is 0.985. The Balaban J connectivity index is 1.42. The van der Waals surface area contributed by atoms with Crippen LogP contribution in [-0.2, 0) is 22.6 Å². The van der Waals surface area contributed by atoms with Gasteiger partial charge in [-0.3, -0.25) is 4.79 Å². The van der Waals surface area contributed by atoms with Crippen molar-refractivity contribution in [2.75, 3.05) is 20.2 Å². The van der Waals surface area contributed by atoms with Gasteiger partial charge in [0.1, 0.15) is 11.6 Å². The molecule has 0 N–H and O–H groups in total. The lowest BCUT2D eigenvalue weighted by Gasteiger charge is -2.44. The summed E-state index contributed by atoms with van der Waals surface area (Å²) in [6.45, 7) is 1.25. The number of halogens is 2. The molecule has 0 bridgehead atoms. The van der Waals surface area contributed by atoms with Crippen molar-refractivity contribution < 1.29 is 27.8 Å². The third-order valence-corrected chi connectivity index (χ3v) is 5.29. The average molecular weight is 389 g/mol. The summed E-state index contributed by atoms with van der Waals surface area (Å²) in [4.78, 5) is 14.2. The van der Waals surface area contributed by atoms with Gasteiger partial charge in [0.15, 0.2) is 11.5 Å². The van der Waals surface area contributed by atoms with Crippen LogP contribution in [0.2, 0.25) is 0 Å². The van der Waals surface area contributed by atoms with Gasteiger partial charge in [-0.05, 0) is 24.3 Å². The van der Waals surface area contributed by atoms with E-state index in [9.17, 15) is 13.6 Å². The van der Waals surface area contributed by atoms with Crippen LogP contribution in [0.15, 0.2) is 36.4 Å². The van der Waals surface area contributed by atoms with Gasteiger partial charge in [-0.15, -0.1) is 0 Å². The lowest BCUT2D eigenvalue weighted by Crippen LogP contribution is -2.52. The first kappa shape index (κ1) is 18.7. The second-order valence-corrected chi connectivity index (χ2v) is 7.04. The van der Waals surface area contributed by atoms with Crippen molar-refractivity contribution >= 4 is 5.91 Å². The highest BCUT2D eigenvalue weighted by Gasteiger charge is 2.42. The number of amides is 1. The van der Waals surface area contributed by atoms with Crippen molar-refractivity contribution in [3.8, 4) is 11.5 Å². The lowest BCUT2D eigenvalue weighted by molar-refractivity contribution is -0.228. The van der Waals surface area contributed by atoms with Gasteiger partial charge >= 0.3 is 0 Å². The molecule has 0 radical (unpaired) electrons. The van der Waals surface area contributed by atoms with Crippen LogP contribution in [-0.4, -0.2) is 36.8 Å². The van der Waals surface area contributed by atoms with Gasteiger partial charge in [0.05, 0.1) is 20.1 Å². The number of rotatable bonds is 3. The Morgan fingerprint density at radius 2 is 2.00 bits per heavy atom. The second-order valence-electron chi connectivity index (χ2n) is 7.04. The first-order valence-electron chi connectivity index (χ1n) is 9.20. The molecular formula is C21H21F2NO4. The van der Waals surface area contributed by atoms with E-state index >= 15 is 0 Å². The van der Waals surface area contributed by atoms with Crippen LogP contribution >= 0.6 is 0 Å². The van der Waals surface area contributed by atoms with Crippen LogP contribution in [0, 0.1) is 11.6 Å². The number of piperidine rings is 1. The molecule has 5 nitrogen and oxygen atoms in total. The molecule has 0 unspecified atom stereocenters. The largest absolute Gasteiger partial charge is 0.493 e. The first-order chi connectivity index (χ1) is 13.5. The SMILES string of the molecule is COc1cccc2c1OC1(CCN(C(=O)Cc3cc(F)ccc3F)CC1)OC2. The van der Waals surface area contributed by atoms with Crippen molar-refractivity contribution in [1.82, 2.24) is 4.90 Å². The van der Waals surface area contributed by atoms with Gasteiger partial charge in [0.2, 0.25) is 11.7 Å². The van der Waals surface area contributed by atoms with Crippen LogP contribution in [0.5, 0.6) is 11.5 Å². The Bertz CT molecular complexity index is 880. The summed E-state index contributed by atoms with van der Waals surface area (Å²) in [5.74, 6) is -0.849. The van der Waals surface area contributed by atoms with E-state index in [2.05, 4.69) is 0 Å². The summed E-state index contributed by atoms with van der Waals surface area (Å²) in [6.07, 6.45) is 0.804. The molecule has 2 aromatic rings. The number of carbonyl (C=O) groups excluding carboxylic acids is 1. The third-order valence-electron chi connectivity index (χ3n) is 5.29. The third kappa shape index (κ3) is 3.54. The zero-order chi connectivity index (χ0) is 19.7. The van der Waals surface area contributed by atoms with Gasteiger partial charge in [0, 0.05) is 37.1 Å². The Labute approximate surface area is 161 Å². The van der Waals surface area contributed by atoms with Gasteiger partial charge in [-0.25, -0.2) is 8.78 Å². The molecule has 1 saturated heterocycles. The molecule has 2 aromatic carbocycles. The molecule has 1 amide bonds. The molecule has 1 spiro atoms. The topological polar surface area (TPSA) is 48.0 Å². The van der Waals surface area contributed by atoms with Crippen LogP contribution < -0.4 is 9.47 Å². The number of carbonyl (C=O) groups is 1. The molecule has 0 atom stereocenters. The van der Waals surface area contributed by atoms with Crippen LogP contribution in [0.25, 0.3) is 0 Å². The van der Waals surface area contributed by atoms with E-state index in [1.807, 2.05) is 18.2 Å². The summed E-state index contributed by atoms with van der Waals surface area (Å²) in [6, 6.07) is 8.79. The zero-order valence-corrected chi connectivity index (χ0v) is 15.5. The summed E-state index contributed by atoms with van der Waals surface area (Å²) < 4.78 is 44.7. The maximum Gasteiger partial charge on any atom is 0.227 e. The molecule has 0 aliphatic carbocycles. The van der Waals surface area contributed by atoms with Gasteiger partial charge in [-0.1, -0.05) is 12.1 Å². The van der Waals surface area contributed by atoms with Gasteiger partial charge < -0.3 is 19.1 Å². The number of fused-ring (bicyclic) bond motifs is 1. The molecule has 4 rings (SSSR count). The Hall–Kier alpha value is -2.67. The minimum atomic E-state index is -0.803. The molecule has 1 fully saturated rings. The minimum absolute atomic E-state index is 0.0640. The standard InChI is InChI=1S/C21H21F2NO4/c1-26-18-4-2-3-14-13-27-21(28-20(14)18)7-9-24(10-8-21)19(25)12-15-11-16(22)5-6-17(15)23/h2-6,11H,7-10,12-13H2,1H3. The van der Waals surface area contributed by atoms with Gasteiger partial charge in [0.25, 0.3) is 0 Å². The summed E-state index contributed by atoms with van der Waals surface area (Å²) >= 11 is 0. The first-order valence-corrected chi connectivity index (χ1v) is 9.20. The number of ether oxygens (including phenoxy) is 3. The number of para-hydroxylation sites is 1. The molecule has 2 aliphatic heterocycles. The van der Waals surface area contributed by atoms with E-state index in [0.29, 0.717) is 44.0 Å². The predicted octanol–water partition coefficient (Wildman–Crippen LogP) is 3.44. The van der Waals surface area contributed by atoms with E-state index in [0.717, 1.165) is 23.8 Å². The number of hydrogen-bond donors (Lipinski definition) is 0. The molecule has 0 saturated carbocycles. The molecule has 7 heteroatoms. The van der Waals surface area contributed by atoms with E-state index in [1.54, 1.807) is 12.0 Å². The molecule has 28 heavy (non-hydrogen) atoms. The van der Waals surface area contributed by atoms with Crippen LogP contribution in [0.1, 0.15) is 24.0 Å². The number of benzene rings is 2. The van der Waals surface area contributed by atoms with Crippen molar-refractivity contribution in [2.45, 2.75) is 31.7 Å². The summed E-state index contributed by atoms with van der Waals surface area (Å²) in [7, 11) is 1.59. The fourth-order valence-corrected chi connectivity index (χ4v) is 3.67. The summed E-state index contributed by atoms with van der Waals surface area (Å²) in [5, 5.41) is 0. The molecule has 0 aromatic heterocycles. The minimum Gasteiger partial charge on any atom is -0.493 e. The fraction of sp³-hybridized carbons (Fsp3) is 0.381. The molecule has 2 heterocycles. The van der Waals surface area contributed by atoms with Crippen molar-refractivity contribution in [3.63, 3.8) is 0 Å². The number of hydrogen-bond acceptors (Lipinski definition) is 4. The fourth-order valence-electron chi connectivity index (χ4n) is 3.67. The monoisotopic (exact) mass is 389 g/mol. The Morgan fingerprint density at radius 3 is 2.75 bits per heavy atom. The van der Waals surface area contributed by atoms with E-state index < -0.39 is 17.4 Å². The smallest absolute Gasteiger partial charge is 0.227 e. The molecule has 2 aliphatic rings. The number of methoxy groups -OCH3 is 1. The van der Waals surface area contributed by atoms with Crippen molar-refractivity contribution in [2.24, 2.45) is 0 Å². The molecule has 148 valence electrons. The van der Waals surface area contributed by atoms with Crippen LogP contribution in [0.4, 0.5) is 8.78 Å². The quantitative estimate of drug-likeness (QED) is 0.807. The number of likely N-dealkylation sites (tertiary alicyclic amines) is 1. The highest BCUT2D eigenvalue weighted by molar-refractivity contribution is 5.79. The average Bonchev–Trinajstić information content (AvgIpc) is 2.71. The van der Waals surface area contributed by atoms with E-state index in [4.69, 9.17) is 14.2 Å². The Kier molecular flexibility index (Phi) is 4.93. The van der Waals surface area contributed by atoms with Crippen molar-refractivity contribution in [1.29, 1.82) is 0 Å². The highest BCUT2D eigenvalue weighted by Crippen LogP contribution is 2.42. The highest BCUT2D eigenvalue weighted by atomic mass is 19.1. The number of nitrogens with zero attached hydrogens (tertiary/aromatic N) is 1.